The van der Waals surface area contributed by atoms with Gasteiger partial charge in [0.1, 0.15) is 0 Å². The number of nitrogens with one attached hydrogen (secondary N) is 3. The molecule has 0 unspecified atom stereocenters. The van der Waals surface area contributed by atoms with E-state index in [0.717, 1.165) is 5.56 Å². The van der Waals surface area contributed by atoms with Crippen LogP contribution in [-0.4, -0.2) is 38.0 Å². The third kappa shape index (κ3) is 6.84. The fraction of sp³-hybridized carbons (Fsp3) is 0.286. The van der Waals surface area contributed by atoms with Gasteiger partial charge in [0.05, 0.1) is 7.11 Å². The standard InChI is InChI=1S/C21H25N3O5/c1-4-22-20(26)13-29-18-9-8-15(10-19(18)28-3)12-23-21(27)16-6-5-7-17(11-16)24-14(2)25/h5-11H,4,12-13H2,1-3H3,(H,22,26)(H,23,27)(H,24,25). The Kier molecular flexibility index (Phi) is 8.02. The van der Waals surface area contributed by atoms with Crippen molar-refractivity contribution in [2.24, 2.45) is 0 Å². The lowest BCUT2D eigenvalue weighted by molar-refractivity contribution is -0.123. The van der Waals surface area contributed by atoms with Crippen molar-refractivity contribution >= 4 is 23.4 Å². The lowest BCUT2D eigenvalue weighted by atomic mass is 10.1. The Bertz CT molecular complexity index is 882. The molecule has 0 aliphatic carbocycles. The van der Waals surface area contributed by atoms with Gasteiger partial charge in [-0.3, -0.25) is 14.4 Å². The summed E-state index contributed by atoms with van der Waals surface area (Å²) in [5.74, 6) is 0.217. The van der Waals surface area contributed by atoms with Crippen LogP contribution in [0.4, 0.5) is 5.69 Å². The van der Waals surface area contributed by atoms with E-state index in [1.54, 1.807) is 42.5 Å². The van der Waals surface area contributed by atoms with E-state index in [0.29, 0.717) is 29.3 Å². The van der Waals surface area contributed by atoms with Gasteiger partial charge in [-0.2, -0.15) is 0 Å². The molecule has 2 rings (SSSR count). The molecule has 2 aromatic rings. The summed E-state index contributed by atoms with van der Waals surface area (Å²) in [5, 5.41) is 8.12. The molecule has 0 aromatic heterocycles. The minimum Gasteiger partial charge on any atom is -0.493 e. The van der Waals surface area contributed by atoms with Gasteiger partial charge < -0.3 is 25.4 Å². The maximum atomic E-state index is 12.4. The summed E-state index contributed by atoms with van der Waals surface area (Å²) < 4.78 is 10.8. The maximum Gasteiger partial charge on any atom is 0.257 e. The van der Waals surface area contributed by atoms with Gasteiger partial charge in [0.15, 0.2) is 18.1 Å². The van der Waals surface area contributed by atoms with Crippen LogP contribution < -0.4 is 25.4 Å². The number of anilines is 1. The highest BCUT2D eigenvalue weighted by molar-refractivity contribution is 5.96. The van der Waals surface area contributed by atoms with Crippen molar-refractivity contribution in [3.63, 3.8) is 0 Å². The molecule has 0 saturated carbocycles. The van der Waals surface area contributed by atoms with E-state index in [1.165, 1.54) is 14.0 Å². The average molecular weight is 399 g/mol. The number of methoxy groups -OCH3 is 1. The second kappa shape index (κ2) is 10.7. The quantitative estimate of drug-likeness (QED) is 0.599. The zero-order valence-corrected chi connectivity index (χ0v) is 16.7. The molecule has 8 nitrogen and oxygen atoms in total. The van der Waals surface area contributed by atoms with Crippen molar-refractivity contribution in [1.82, 2.24) is 10.6 Å². The lowest BCUT2D eigenvalue weighted by Gasteiger charge is -2.13. The normalized spacial score (nSPS) is 10.0. The number of likely N-dealkylation sites (N-methyl/N-ethyl adjacent to an activating group) is 1. The first-order valence-corrected chi connectivity index (χ1v) is 9.15. The van der Waals surface area contributed by atoms with Crippen LogP contribution in [0.5, 0.6) is 11.5 Å². The molecular formula is C21H25N3O5. The summed E-state index contributed by atoms with van der Waals surface area (Å²) in [5.41, 5.74) is 1.80. The van der Waals surface area contributed by atoms with Crippen molar-refractivity contribution in [3.8, 4) is 11.5 Å². The first kappa shape index (κ1) is 21.7. The van der Waals surface area contributed by atoms with Gasteiger partial charge in [0.2, 0.25) is 5.91 Å². The summed E-state index contributed by atoms with van der Waals surface area (Å²) in [6.45, 7) is 3.94. The van der Waals surface area contributed by atoms with Gasteiger partial charge in [-0.15, -0.1) is 0 Å². The number of ether oxygens (including phenoxy) is 2. The molecule has 0 aliphatic rings. The van der Waals surface area contributed by atoms with Crippen LogP contribution in [0.25, 0.3) is 0 Å². The third-order valence-electron chi connectivity index (χ3n) is 3.86. The molecule has 154 valence electrons. The molecule has 0 radical (unpaired) electrons. The minimum absolute atomic E-state index is 0.106. The van der Waals surface area contributed by atoms with Gasteiger partial charge in [0.25, 0.3) is 11.8 Å². The molecular weight excluding hydrogens is 374 g/mol. The fourth-order valence-electron chi connectivity index (χ4n) is 2.56. The molecule has 0 heterocycles. The van der Waals surface area contributed by atoms with Crippen LogP contribution in [0.15, 0.2) is 42.5 Å². The Labute approximate surface area is 169 Å². The van der Waals surface area contributed by atoms with E-state index in [2.05, 4.69) is 16.0 Å². The van der Waals surface area contributed by atoms with Gasteiger partial charge >= 0.3 is 0 Å². The van der Waals surface area contributed by atoms with E-state index in [4.69, 9.17) is 9.47 Å². The maximum absolute atomic E-state index is 12.4. The summed E-state index contributed by atoms with van der Waals surface area (Å²) in [7, 11) is 1.50. The highest BCUT2D eigenvalue weighted by Gasteiger charge is 2.10. The Morgan fingerprint density at radius 2 is 1.79 bits per heavy atom. The zero-order valence-electron chi connectivity index (χ0n) is 16.7. The summed E-state index contributed by atoms with van der Waals surface area (Å²) in [6, 6.07) is 11.9. The minimum atomic E-state index is -0.271. The smallest absolute Gasteiger partial charge is 0.257 e. The van der Waals surface area contributed by atoms with Crippen LogP contribution in [0, 0.1) is 0 Å². The SMILES string of the molecule is CCNC(=O)COc1ccc(CNC(=O)c2cccc(NC(C)=O)c2)cc1OC. The van der Waals surface area contributed by atoms with Crippen molar-refractivity contribution in [3.05, 3.63) is 53.6 Å². The Hall–Kier alpha value is -3.55. The molecule has 0 spiro atoms. The number of carbonyl (C=O) groups is 3. The molecule has 0 atom stereocenters. The number of rotatable bonds is 9. The molecule has 2 aromatic carbocycles. The Morgan fingerprint density at radius 3 is 2.48 bits per heavy atom. The first-order valence-electron chi connectivity index (χ1n) is 9.15. The topological polar surface area (TPSA) is 106 Å². The predicted molar refractivity (Wildman–Crippen MR) is 109 cm³/mol. The van der Waals surface area contributed by atoms with E-state index >= 15 is 0 Å². The number of carbonyl (C=O) groups excluding carboxylic acids is 3. The van der Waals surface area contributed by atoms with Crippen molar-refractivity contribution < 1.29 is 23.9 Å². The number of amides is 3. The third-order valence-corrected chi connectivity index (χ3v) is 3.86. The summed E-state index contributed by atoms with van der Waals surface area (Å²) >= 11 is 0. The van der Waals surface area contributed by atoms with Gasteiger partial charge in [0, 0.05) is 31.3 Å². The number of benzene rings is 2. The molecule has 8 heteroatoms. The van der Waals surface area contributed by atoms with Crippen LogP contribution in [0.1, 0.15) is 29.8 Å². The van der Waals surface area contributed by atoms with Crippen molar-refractivity contribution in [1.29, 1.82) is 0 Å². The van der Waals surface area contributed by atoms with Gasteiger partial charge in [-0.1, -0.05) is 12.1 Å². The monoisotopic (exact) mass is 399 g/mol. The van der Waals surface area contributed by atoms with E-state index in [-0.39, 0.29) is 30.9 Å². The highest BCUT2D eigenvalue weighted by atomic mass is 16.5. The van der Waals surface area contributed by atoms with E-state index < -0.39 is 0 Å². The molecule has 0 aliphatic heterocycles. The number of hydrogen-bond acceptors (Lipinski definition) is 5. The zero-order chi connectivity index (χ0) is 21.2. The van der Waals surface area contributed by atoms with Gasteiger partial charge in [-0.25, -0.2) is 0 Å². The Balaban J connectivity index is 1.98. The highest BCUT2D eigenvalue weighted by Crippen LogP contribution is 2.28. The predicted octanol–water partition coefficient (Wildman–Crippen LogP) is 2.10. The van der Waals surface area contributed by atoms with E-state index in [9.17, 15) is 14.4 Å². The first-order chi connectivity index (χ1) is 13.9. The second-order valence-electron chi connectivity index (χ2n) is 6.17. The van der Waals surface area contributed by atoms with Crippen LogP contribution in [0.3, 0.4) is 0 Å². The average Bonchev–Trinajstić information content (AvgIpc) is 2.70. The van der Waals surface area contributed by atoms with Crippen molar-refractivity contribution in [2.45, 2.75) is 20.4 Å². The molecule has 0 bridgehead atoms. The molecule has 29 heavy (non-hydrogen) atoms. The van der Waals surface area contributed by atoms with Crippen LogP contribution in [-0.2, 0) is 16.1 Å². The number of hydrogen-bond donors (Lipinski definition) is 3. The fourth-order valence-corrected chi connectivity index (χ4v) is 2.56. The Morgan fingerprint density at radius 1 is 1.00 bits per heavy atom. The second-order valence-corrected chi connectivity index (χ2v) is 6.17. The summed E-state index contributed by atoms with van der Waals surface area (Å²) in [6.07, 6.45) is 0. The van der Waals surface area contributed by atoms with Gasteiger partial charge in [-0.05, 0) is 42.8 Å². The molecule has 0 fully saturated rings. The molecule has 3 amide bonds. The summed E-state index contributed by atoms with van der Waals surface area (Å²) in [4.78, 5) is 35.1. The molecule has 0 saturated heterocycles. The van der Waals surface area contributed by atoms with Crippen LogP contribution in [0.2, 0.25) is 0 Å². The van der Waals surface area contributed by atoms with E-state index in [1.807, 2.05) is 6.92 Å². The molecule has 3 N–H and O–H groups in total. The van der Waals surface area contributed by atoms with Crippen LogP contribution >= 0.6 is 0 Å². The largest absolute Gasteiger partial charge is 0.493 e. The van der Waals surface area contributed by atoms with Crippen molar-refractivity contribution in [2.75, 3.05) is 25.6 Å². The lowest BCUT2D eigenvalue weighted by Crippen LogP contribution is -2.28.